The number of carbonyl (C=O) groups excluding carboxylic acids is 1. The van der Waals surface area contributed by atoms with Crippen LogP contribution in [0.25, 0.3) is 6.08 Å². The Hall–Kier alpha value is -3.23. The number of amides is 1. The predicted octanol–water partition coefficient (Wildman–Crippen LogP) is 2.45. The number of rotatable bonds is 9. The second-order valence-electron chi connectivity index (χ2n) is 5.42. The lowest BCUT2D eigenvalue weighted by Gasteiger charge is -2.10. The number of nitrogens with one attached hydrogen (secondary N) is 1. The molecule has 0 bridgehead atoms. The van der Waals surface area contributed by atoms with Gasteiger partial charge in [-0.2, -0.15) is 14.6 Å². The van der Waals surface area contributed by atoms with E-state index in [1.807, 2.05) is 6.07 Å². The molecule has 152 valence electrons. The van der Waals surface area contributed by atoms with Crippen LogP contribution in [0.2, 0.25) is 0 Å². The number of nitrogens with zero attached hydrogens (tertiary/aromatic N) is 3. The smallest absolute Gasteiger partial charge is 0.268 e. The van der Waals surface area contributed by atoms with Gasteiger partial charge in [0.05, 0.1) is 12.9 Å². The number of benzene rings is 1. The summed E-state index contributed by atoms with van der Waals surface area (Å²) in [5.41, 5.74) is 0.327. The van der Waals surface area contributed by atoms with Crippen LogP contribution >= 0.6 is 11.5 Å². The highest BCUT2D eigenvalue weighted by molar-refractivity contribution is 7.91. The van der Waals surface area contributed by atoms with Crippen molar-refractivity contribution in [1.82, 2.24) is 9.36 Å². The van der Waals surface area contributed by atoms with Crippen LogP contribution in [0.5, 0.6) is 11.5 Å². The van der Waals surface area contributed by atoms with Gasteiger partial charge >= 0.3 is 0 Å². The van der Waals surface area contributed by atoms with Gasteiger partial charge in [-0.05, 0) is 23.8 Å². The molecule has 11 heteroatoms. The molecule has 0 aliphatic rings. The lowest BCUT2D eigenvalue weighted by atomic mass is 10.1. The first-order chi connectivity index (χ1) is 13.8. The number of carbonyl (C=O) groups is 1. The minimum Gasteiger partial charge on any atom is -0.493 e. The fourth-order valence-corrected chi connectivity index (χ4v) is 3.62. The minimum atomic E-state index is -3.58. The number of aromatic nitrogens is 2. The van der Waals surface area contributed by atoms with Gasteiger partial charge in [0.1, 0.15) is 18.2 Å². The molecule has 1 N–H and O–H groups in total. The zero-order valence-electron chi connectivity index (χ0n) is 15.7. The third-order valence-corrected chi connectivity index (χ3v) is 5.75. The maximum atomic E-state index is 12.4. The Morgan fingerprint density at radius 1 is 1.41 bits per heavy atom. The molecule has 0 saturated carbocycles. The summed E-state index contributed by atoms with van der Waals surface area (Å²) in [6, 6.07) is 6.72. The van der Waals surface area contributed by atoms with Gasteiger partial charge in [0.2, 0.25) is 15.0 Å². The summed E-state index contributed by atoms with van der Waals surface area (Å²) < 4.78 is 38.0. The standard InChI is InChI=1S/C18H18N4O5S2/c1-4-8-27-14-7-6-12(10-15(14)26-3)9-13(11-19)16(23)20-17-21-18(22-28-17)29(24,25)5-2/h4,6-7,9-10H,1,5,8H2,2-3H3,(H,20,21,22,23)/b13-9-. The normalized spacial score (nSPS) is 11.4. The Kier molecular flexibility index (Phi) is 7.46. The van der Waals surface area contributed by atoms with Crippen LogP contribution in [0.3, 0.4) is 0 Å². The molecule has 1 heterocycles. The monoisotopic (exact) mass is 434 g/mol. The fraction of sp³-hybridized carbons (Fsp3) is 0.222. The van der Waals surface area contributed by atoms with E-state index in [9.17, 15) is 18.5 Å². The van der Waals surface area contributed by atoms with E-state index in [1.54, 1.807) is 24.3 Å². The first-order valence-electron chi connectivity index (χ1n) is 8.26. The van der Waals surface area contributed by atoms with Crippen molar-refractivity contribution in [2.45, 2.75) is 12.1 Å². The van der Waals surface area contributed by atoms with E-state index >= 15 is 0 Å². The van der Waals surface area contributed by atoms with E-state index in [1.165, 1.54) is 20.1 Å². The molecule has 0 unspecified atom stereocenters. The van der Waals surface area contributed by atoms with Crippen molar-refractivity contribution >= 4 is 38.5 Å². The Morgan fingerprint density at radius 2 is 2.17 bits per heavy atom. The molecule has 1 aromatic carbocycles. The third-order valence-electron chi connectivity index (χ3n) is 3.51. The van der Waals surface area contributed by atoms with Crippen LogP contribution < -0.4 is 14.8 Å². The van der Waals surface area contributed by atoms with E-state index in [0.29, 0.717) is 35.2 Å². The molecule has 0 radical (unpaired) electrons. The summed E-state index contributed by atoms with van der Waals surface area (Å²) in [5.74, 6) is 0.0207. The van der Waals surface area contributed by atoms with Gasteiger partial charge in [0.15, 0.2) is 11.5 Å². The predicted molar refractivity (Wildman–Crippen MR) is 109 cm³/mol. The molecule has 9 nitrogen and oxygen atoms in total. The van der Waals surface area contributed by atoms with Crippen molar-refractivity contribution in [2.24, 2.45) is 0 Å². The SMILES string of the molecule is C=CCOc1ccc(/C=C(/C#N)C(=O)Nc2nc(S(=O)(=O)CC)ns2)cc1OC. The number of hydrogen-bond donors (Lipinski definition) is 1. The van der Waals surface area contributed by atoms with Crippen molar-refractivity contribution in [1.29, 1.82) is 5.26 Å². The molecule has 0 atom stereocenters. The van der Waals surface area contributed by atoms with Gasteiger partial charge in [-0.25, -0.2) is 8.42 Å². The topological polar surface area (TPSA) is 131 Å². The van der Waals surface area contributed by atoms with Gasteiger partial charge in [0, 0.05) is 11.5 Å². The molecule has 0 aliphatic heterocycles. The number of anilines is 1. The van der Waals surface area contributed by atoms with Crippen LogP contribution in [0, 0.1) is 11.3 Å². The van der Waals surface area contributed by atoms with Gasteiger partial charge in [0.25, 0.3) is 11.1 Å². The second kappa shape index (κ2) is 9.81. The van der Waals surface area contributed by atoms with E-state index in [0.717, 1.165) is 0 Å². The fourth-order valence-electron chi connectivity index (χ4n) is 2.04. The molecule has 2 aromatic rings. The molecule has 0 spiro atoms. The molecular formula is C18H18N4O5S2. The van der Waals surface area contributed by atoms with Gasteiger partial charge in [-0.3, -0.25) is 10.1 Å². The van der Waals surface area contributed by atoms with Crippen LogP contribution in [-0.4, -0.2) is 43.2 Å². The average molecular weight is 434 g/mol. The minimum absolute atomic E-state index is 0.0195. The summed E-state index contributed by atoms with van der Waals surface area (Å²) in [5, 5.41) is 11.3. The molecule has 2 rings (SSSR count). The van der Waals surface area contributed by atoms with Crippen molar-refractivity contribution in [3.8, 4) is 17.6 Å². The van der Waals surface area contributed by atoms with Crippen molar-refractivity contribution in [3.05, 3.63) is 42.0 Å². The highest BCUT2D eigenvalue weighted by Crippen LogP contribution is 2.29. The molecule has 1 aromatic heterocycles. The maximum Gasteiger partial charge on any atom is 0.268 e. The summed E-state index contributed by atoms with van der Waals surface area (Å²) in [6.07, 6.45) is 2.95. The highest BCUT2D eigenvalue weighted by Gasteiger charge is 2.20. The van der Waals surface area contributed by atoms with Crippen molar-refractivity contribution in [2.75, 3.05) is 24.8 Å². The summed E-state index contributed by atoms with van der Waals surface area (Å²) in [7, 11) is -2.11. The van der Waals surface area contributed by atoms with Gasteiger partial charge < -0.3 is 9.47 Å². The molecule has 0 saturated heterocycles. The third kappa shape index (κ3) is 5.63. The Morgan fingerprint density at radius 3 is 2.79 bits per heavy atom. The number of methoxy groups -OCH3 is 1. The van der Waals surface area contributed by atoms with Gasteiger partial charge in [-0.1, -0.05) is 25.6 Å². The Labute approximate surface area is 172 Å². The van der Waals surface area contributed by atoms with E-state index in [4.69, 9.17) is 9.47 Å². The van der Waals surface area contributed by atoms with E-state index < -0.39 is 15.7 Å². The summed E-state index contributed by atoms with van der Waals surface area (Å²) in [4.78, 5) is 16.2. The van der Waals surface area contributed by atoms with Crippen molar-refractivity contribution < 1.29 is 22.7 Å². The number of sulfone groups is 1. The van der Waals surface area contributed by atoms with Crippen LogP contribution in [0.1, 0.15) is 12.5 Å². The lowest BCUT2D eigenvalue weighted by Crippen LogP contribution is -2.13. The van der Waals surface area contributed by atoms with Crippen LogP contribution in [-0.2, 0) is 14.6 Å². The van der Waals surface area contributed by atoms with E-state index in [-0.39, 0.29) is 21.6 Å². The molecule has 29 heavy (non-hydrogen) atoms. The van der Waals surface area contributed by atoms with Crippen LogP contribution in [0.4, 0.5) is 5.13 Å². The number of hydrogen-bond acceptors (Lipinski definition) is 9. The molecule has 0 fully saturated rings. The molecular weight excluding hydrogens is 416 g/mol. The Bertz CT molecular complexity index is 1080. The Balaban J connectivity index is 2.22. The highest BCUT2D eigenvalue weighted by atomic mass is 32.2. The first kappa shape index (κ1) is 22.1. The summed E-state index contributed by atoms with van der Waals surface area (Å²) in [6.45, 7) is 5.34. The zero-order chi connectivity index (χ0) is 21.4. The number of nitriles is 1. The zero-order valence-corrected chi connectivity index (χ0v) is 17.3. The first-order valence-corrected chi connectivity index (χ1v) is 10.7. The van der Waals surface area contributed by atoms with Gasteiger partial charge in [-0.15, -0.1) is 0 Å². The number of ether oxygens (including phenoxy) is 2. The quantitative estimate of drug-likeness (QED) is 0.362. The molecule has 1 amide bonds. The summed E-state index contributed by atoms with van der Waals surface area (Å²) >= 11 is 0.716. The molecule has 0 aliphatic carbocycles. The lowest BCUT2D eigenvalue weighted by molar-refractivity contribution is -0.112. The van der Waals surface area contributed by atoms with Crippen LogP contribution in [0.15, 0.2) is 41.6 Å². The largest absolute Gasteiger partial charge is 0.493 e. The maximum absolute atomic E-state index is 12.4. The van der Waals surface area contributed by atoms with E-state index in [2.05, 4.69) is 21.3 Å². The average Bonchev–Trinajstić information content (AvgIpc) is 3.20. The second-order valence-corrected chi connectivity index (χ2v) is 8.34. The van der Waals surface area contributed by atoms with Crippen molar-refractivity contribution in [3.63, 3.8) is 0 Å².